The van der Waals surface area contributed by atoms with E-state index in [1.54, 1.807) is 6.33 Å². The monoisotopic (exact) mass is 380 g/mol. The van der Waals surface area contributed by atoms with Crippen LogP contribution in [-0.4, -0.2) is 62.3 Å². The van der Waals surface area contributed by atoms with Crippen molar-refractivity contribution in [1.29, 1.82) is 0 Å². The van der Waals surface area contributed by atoms with E-state index in [0.29, 0.717) is 23.7 Å². The van der Waals surface area contributed by atoms with Gasteiger partial charge in [0.15, 0.2) is 5.82 Å². The van der Waals surface area contributed by atoms with Gasteiger partial charge in [-0.2, -0.15) is 5.10 Å². The van der Waals surface area contributed by atoms with Gasteiger partial charge < -0.3 is 14.8 Å². The molecule has 28 heavy (non-hydrogen) atoms. The number of nitrogens with zero attached hydrogens (tertiary/aromatic N) is 5. The van der Waals surface area contributed by atoms with Gasteiger partial charge in [-0.05, 0) is 37.7 Å². The van der Waals surface area contributed by atoms with Crippen molar-refractivity contribution in [1.82, 2.24) is 30.0 Å². The molecule has 1 aliphatic heterocycles. The highest BCUT2D eigenvalue weighted by atomic mass is 16.2. The molecular formula is C19H24N8O. The van der Waals surface area contributed by atoms with Crippen molar-refractivity contribution in [3.63, 3.8) is 0 Å². The summed E-state index contributed by atoms with van der Waals surface area (Å²) >= 11 is 0. The van der Waals surface area contributed by atoms with E-state index in [1.807, 2.05) is 30.2 Å². The van der Waals surface area contributed by atoms with Crippen molar-refractivity contribution in [2.45, 2.75) is 25.8 Å². The Morgan fingerprint density at radius 3 is 2.79 bits per heavy atom. The van der Waals surface area contributed by atoms with Crippen LogP contribution in [0.1, 0.15) is 18.5 Å². The summed E-state index contributed by atoms with van der Waals surface area (Å²) in [5.41, 5.74) is 1.80. The van der Waals surface area contributed by atoms with E-state index >= 15 is 0 Å². The first-order valence-corrected chi connectivity index (χ1v) is 9.67. The number of carbonyl (C=O) groups excluding carboxylic acids is 1. The Morgan fingerprint density at radius 1 is 1.29 bits per heavy atom. The molecule has 2 fully saturated rings. The number of aromatic amines is 2. The number of rotatable bonds is 3. The van der Waals surface area contributed by atoms with Crippen LogP contribution in [0.15, 0.2) is 24.7 Å². The quantitative estimate of drug-likeness (QED) is 0.647. The largest absolute Gasteiger partial charge is 0.356 e. The van der Waals surface area contributed by atoms with E-state index in [1.165, 1.54) is 0 Å². The molecule has 2 amide bonds. The molecule has 9 nitrogen and oxygen atoms in total. The lowest BCUT2D eigenvalue weighted by atomic mass is 10.0. The Bertz CT molecular complexity index is 996. The number of carbonyl (C=O) groups is 1. The molecule has 2 aliphatic rings. The van der Waals surface area contributed by atoms with Gasteiger partial charge in [0.1, 0.15) is 17.8 Å². The van der Waals surface area contributed by atoms with Crippen molar-refractivity contribution in [3.8, 4) is 0 Å². The van der Waals surface area contributed by atoms with Gasteiger partial charge in [0.05, 0.1) is 5.39 Å². The van der Waals surface area contributed by atoms with Gasteiger partial charge in [-0.15, -0.1) is 0 Å². The lowest BCUT2D eigenvalue weighted by Crippen LogP contribution is -2.36. The van der Waals surface area contributed by atoms with Crippen LogP contribution >= 0.6 is 0 Å². The van der Waals surface area contributed by atoms with Crippen LogP contribution < -0.4 is 10.2 Å². The van der Waals surface area contributed by atoms with Crippen LogP contribution in [0.2, 0.25) is 0 Å². The Balaban J connectivity index is 1.23. The number of likely N-dealkylation sites (tertiary alicyclic amines) is 1. The number of fused-ring (bicyclic) bond motifs is 2. The Morgan fingerprint density at radius 2 is 2.07 bits per heavy atom. The number of anilines is 2. The minimum absolute atomic E-state index is 0.0596. The molecule has 0 aromatic carbocycles. The maximum Gasteiger partial charge on any atom is 0.323 e. The molecular weight excluding hydrogens is 356 g/mol. The number of nitrogens with one attached hydrogen (secondary N) is 3. The standard InChI is InChI=1S/C19H24N8O/c1-11-5-16(25-24-11)23-19(28)27-8-12-6-14(7-13(12)9-27)26(2)18-15-3-4-20-17(15)21-10-22-18/h3-5,10,12-14H,6-9H2,1-2H3,(H,20,21,22)(H2,23,24,25,28)/t12-,13?,14+/m0/s1. The number of urea groups is 1. The number of H-pyrrole nitrogens is 2. The average Bonchev–Trinajstić information content (AvgIpc) is 3.43. The highest BCUT2D eigenvalue weighted by Crippen LogP contribution is 2.41. The van der Waals surface area contributed by atoms with E-state index in [0.717, 1.165) is 48.5 Å². The first kappa shape index (κ1) is 17.0. The minimum atomic E-state index is -0.0596. The van der Waals surface area contributed by atoms with Crippen molar-refractivity contribution in [2.24, 2.45) is 11.8 Å². The highest BCUT2D eigenvalue weighted by Gasteiger charge is 2.44. The number of hydrogen-bond acceptors (Lipinski definition) is 5. The highest BCUT2D eigenvalue weighted by molar-refractivity contribution is 5.89. The summed E-state index contributed by atoms with van der Waals surface area (Å²) in [4.78, 5) is 28.7. The summed E-state index contributed by atoms with van der Waals surface area (Å²) in [6, 6.07) is 4.24. The summed E-state index contributed by atoms with van der Waals surface area (Å²) < 4.78 is 0. The molecule has 3 aromatic rings. The van der Waals surface area contributed by atoms with Crippen LogP contribution in [0.4, 0.5) is 16.4 Å². The van der Waals surface area contributed by atoms with Gasteiger partial charge in [-0.1, -0.05) is 0 Å². The van der Waals surface area contributed by atoms with Crippen molar-refractivity contribution < 1.29 is 4.79 Å². The molecule has 0 radical (unpaired) electrons. The molecule has 9 heteroatoms. The summed E-state index contributed by atoms with van der Waals surface area (Å²) in [5, 5.41) is 10.9. The van der Waals surface area contributed by atoms with Crippen LogP contribution in [0.5, 0.6) is 0 Å². The van der Waals surface area contributed by atoms with E-state index in [-0.39, 0.29) is 6.03 Å². The molecule has 146 valence electrons. The smallest absolute Gasteiger partial charge is 0.323 e. The fourth-order valence-electron chi connectivity index (χ4n) is 4.73. The SMILES string of the molecule is Cc1cc(NC(=O)N2CC3C[C@H](N(C)c4ncnc5[nH]ccc45)C[C@H]3C2)n[nH]1. The van der Waals surface area contributed by atoms with Gasteiger partial charge in [-0.3, -0.25) is 10.4 Å². The molecule has 0 bridgehead atoms. The van der Waals surface area contributed by atoms with Crippen molar-refractivity contribution in [3.05, 3.63) is 30.4 Å². The lowest BCUT2D eigenvalue weighted by molar-refractivity contribution is 0.218. The zero-order valence-corrected chi connectivity index (χ0v) is 16.0. The third-order valence-corrected chi connectivity index (χ3v) is 6.17. The predicted octanol–water partition coefficient (Wildman–Crippen LogP) is 2.37. The number of aryl methyl sites for hydroxylation is 1. The van der Waals surface area contributed by atoms with E-state index < -0.39 is 0 Å². The Labute approximate surface area is 162 Å². The summed E-state index contributed by atoms with van der Waals surface area (Å²) in [6.07, 6.45) is 5.66. The number of amides is 2. The topological polar surface area (TPSA) is 106 Å². The summed E-state index contributed by atoms with van der Waals surface area (Å²) in [7, 11) is 2.12. The zero-order chi connectivity index (χ0) is 19.3. The van der Waals surface area contributed by atoms with E-state index in [2.05, 4.69) is 42.4 Å². The molecule has 4 heterocycles. The lowest BCUT2D eigenvalue weighted by Gasteiger charge is -2.28. The normalized spacial score (nSPS) is 23.9. The molecule has 0 spiro atoms. The molecule has 3 N–H and O–H groups in total. The summed E-state index contributed by atoms with van der Waals surface area (Å²) in [6.45, 7) is 3.51. The molecule has 5 rings (SSSR count). The Kier molecular flexibility index (Phi) is 3.96. The minimum Gasteiger partial charge on any atom is -0.356 e. The fourth-order valence-corrected chi connectivity index (χ4v) is 4.73. The zero-order valence-electron chi connectivity index (χ0n) is 16.0. The summed E-state index contributed by atoms with van der Waals surface area (Å²) in [5.74, 6) is 2.61. The van der Waals surface area contributed by atoms with Gasteiger partial charge in [0.2, 0.25) is 0 Å². The number of aromatic nitrogens is 5. The second-order valence-corrected chi connectivity index (χ2v) is 7.96. The van der Waals surface area contributed by atoms with Crippen molar-refractivity contribution >= 4 is 28.7 Å². The maximum absolute atomic E-state index is 12.5. The van der Waals surface area contributed by atoms with Gasteiger partial charge in [0.25, 0.3) is 0 Å². The first-order chi connectivity index (χ1) is 13.6. The molecule has 1 saturated heterocycles. The Hall–Kier alpha value is -3.10. The first-order valence-electron chi connectivity index (χ1n) is 9.67. The molecule has 3 atom stereocenters. The van der Waals surface area contributed by atoms with E-state index in [4.69, 9.17) is 0 Å². The molecule has 3 aromatic heterocycles. The van der Waals surface area contributed by atoms with E-state index in [9.17, 15) is 4.79 Å². The van der Waals surface area contributed by atoms with Crippen LogP contribution in [0.3, 0.4) is 0 Å². The van der Waals surface area contributed by atoms with Crippen LogP contribution in [0.25, 0.3) is 11.0 Å². The molecule has 1 saturated carbocycles. The second-order valence-electron chi connectivity index (χ2n) is 7.96. The van der Waals surface area contributed by atoms with Crippen LogP contribution in [-0.2, 0) is 0 Å². The molecule has 1 aliphatic carbocycles. The maximum atomic E-state index is 12.5. The second kappa shape index (κ2) is 6.50. The van der Waals surface area contributed by atoms with Gasteiger partial charge in [-0.25, -0.2) is 14.8 Å². The van der Waals surface area contributed by atoms with Gasteiger partial charge >= 0.3 is 6.03 Å². The average molecular weight is 380 g/mol. The third kappa shape index (κ3) is 2.87. The van der Waals surface area contributed by atoms with Crippen LogP contribution in [0, 0.1) is 18.8 Å². The van der Waals surface area contributed by atoms with Crippen molar-refractivity contribution in [2.75, 3.05) is 30.4 Å². The predicted molar refractivity (Wildman–Crippen MR) is 106 cm³/mol. The number of hydrogen-bond donors (Lipinski definition) is 3. The molecule has 1 unspecified atom stereocenters. The third-order valence-electron chi connectivity index (χ3n) is 6.17. The van der Waals surface area contributed by atoms with Gasteiger partial charge in [0, 0.05) is 44.1 Å². The fraction of sp³-hybridized carbons (Fsp3) is 0.474.